The molecule has 0 atom stereocenters. The number of amides is 1. The third kappa shape index (κ3) is 3.77. The van der Waals surface area contributed by atoms with Crippen LogP contribution in [0, 0.1) is 12.8 Å². The van der Waals surface area contributed by atoms with Gasteiger partial charge in [0.15, 0.2) is 5.69 Å². The maximum Gasteiger partial charge on any atom is 0.273 e. The number of sulfonamides is 1. The SMILES string of the molecule is CCC(CC)CNC(=O)c1n[nH]c(C)c1S(N)(=O)=O. The van der Waals surface area contributed by atoms with E-state index in [4.69, 9.17) is 5.14 Å². The van der Waals surface area contributed by atoms with Crippen LogP contribution in [-0.2, 0) is 10.0 Å². The molecule has 0 saturated carbocycles. The van der Waals surface area contributed by atoms with Crippen molar-refractivity contribution in [2.24, 2.45) is 11.1 Å². The Hall–Kier alpha value is -1.41. The second-order valence-electron chi connectivity index (χ2n) is 4.46. The zero-order valence-electron chi connectivity index (χ0n) is 11.4. The van der Waals surface area contributed by atoms with E-state index in [-0.39, 0.29) is 16.3 Å². The number of aromatic nitrogens is 2. The normalized spacial score (nSPS) is 11.8. The molecule has 0 unspecified atom stereocenters. The molecule has 108 valence electrons. The number of nitrogens with two attached hydrogens (primary N) is 1. The van der Waals surface area contributed by atoms with Gasteiger partial charge in [-0.2, -0.15) is 5.10 Å². The molecule has 0 radical (unpaired) electrons. The first-order valence-corrected chi connectivity index (χ1v) is 7.71. The number of rotatable bonds is 6. The summed E-state index contributed by atoms with van der Waals surface area (Å²) < 4.78 is 22.9. The number of nitrogens with zero attached hydrogens (tertiary/aromatic N) is 1. The van der Waals surface area contributed by atoms with Crippen molar-refractivity contribution >= 4 is 15.9 Å². The molecule has 0 aromatic carbocycles. The minimum Gasteiger partial charge on any atom is -0.350 e. The molecule has 0 spiro atoms. The van der Waals surface area contributed by atoms with Crippen molar-refractivity contribution in [3.63, 3.8) is 0 Å². The van der Waals surface area contributed by atoms with Crippen LogP contribution in [0.25, 0.3) is 0 Å². The summed E-state index contributed by atoms with van der Waals surface area (Å²) in [6, 6.07) is 0. The number of nitrogens with one attached hydrogen (secondary N) is 2. The molecule has 1 aromatic heterocycles. The molecule has 0 aliphatic carbocycles. The van der Waals surface area contributed by atoms with Crippen LogP contribution < -0.4 is 10.5 Å². The van der Waals surface area contributed by atoms with Gasteiger partial charge in [0, 0.05) is 6.54 Å². The van der Waals surface area contributed by atoms with Crippen molar-refractivity contribution < 1.29 is 13.2 Å². The molecule has 7 nitrogen and oxygen atoms in total. The van der Waals surface area contributed by atoms with Crippen LogP contribution >= 0.6 is 0 Å². The van der Waals surface area contributed by atoms with Crippen molar-refractivity contribution in [1.29, 1.82) is 0 Å². The molecule has 1 heterocycles. The molecule has 0 bridgehead atoms. The zero-order valence-corrected chi connectivity index (χ0v) is 12.2. The zero-order chi connectivity index (χ0) is 14.6. The van der Waals surface area contributed by atoms with Gasteiger partial charge in [0.2, 0.25) is 10.0 Å². The number of carbonyl (C=O) groups excluding carboxylic acids is 1. The van der Waals surface area contributed by atoms with E-state index in [1.54, 1.807) is 0 Å². The molecule has 1 aromatic rings. The number of primary sulfonamides is 1. The van der Waals surface area contributed by atoms with Crippen molar-refractivity contribution in [2.45, 2.75) is 38.5 Å². The number of aromatic amines is 1. The van der Waals surface area contributed by atoms with Gasteiger partial charge in [-0.3, -0.25) is 9.89 Å². The summed E-state index contributed by atoms with van der Waals surface area (Å²) in [7, 11) is -3.97. The average Bonchev–Trinajstić information content (AvgIpc) is 2.72. The van der Waals surface area contributed by atoms with Crippen LogP contribution in [0.4, 0.5) is 0 Å². The topological polar surface area (TPSA) is 118 Å². The monoisotopic (exact) mass is 288 g/mol. The summed E-state index contributed by atoms with van der Waals surface area (Å²) in [5, 5.41) is 14.0. The highest BCUT2D eigenvalue weighted by Gasteiger charge is 2.25. The fraction of sp³-hybridized carbons (Fsp3) is 0.636. The van der Waals surface area contributed by atoms with Gasteiger partial charge in [-0.05, 0) is 12.8 Å². The summed E-state index contributed by atoms with van der Waals surface area (Å²) in [6.07, 6.45) is 1.89. The molecular weight excluding hydrogens is 268 g/mol. The van der Waals surface area contributed by atoms with Crippen LogP contribution in [0.5, 0.6) is 0 Å². The molecule has 1 rings (SSSR count). The summed E-state index contributed by atoms with van der Waals surface area (Å²) in [5.41, 5.74) is 0.0844. The highest BCUT2D eigenvalue weighted by Crippen LogP contribution is 2.16. The van der Waals surface area contributed by atoms with Crippen LogP contribution in [0.1, 0.15) is 42.9 Å². The summed E-state index contributed by atoms with van der Waals surface area (Å²) in [6.45, 7) is 6.07. The van der Waals surface area contributed by atoms with Gasteiger partial charge < -0.3 is 5.32 Å². The molecule has 4 N–H and O–H groups in total. The van der Waals surface area contributed by atoms with Gasteiger partial charge in [-0.25, -0.2) is 13.6 Å². The van der Waals surface area contributed by atoms with E-state index in [2.05, 4.69) is 15.5 Å². The van der Waals surface area contributed by atoms with Crippen molar-refractivity contribution in [1.82, 2.24) is 15.5 Å². The minimum absolute atomic E-state index is 0.175. The molecule has 0 aliphatic heterocycles. The van der Waals surface area contributed by atoms with Gasteiger partial charge in [-0.15, -0.1) is 0 Å². The predicted molar refractivity (Wildman–Crippen MR) is 71.1 cm³/mol. The van der Waals surface area contributed by atoms with E-state index in [1.165, 1.54) is 6.92 Å². The van der Waals surface area contributed by atoms with E-state index in [9.17, 15) is 13.2 Å². The lowest BCUT2D eigenvalue weighted by atomic mass is 10.0. The van der Waals surface area contributed by atoms with Gasteiger partial charge in [-0.1, -0.05) is 26.7 Å². The lowest BCUT2D eigenvalue weighted by Crippen LogP contribution is -2.31. The first-order chi connectivity index (χ1) is 8.81. The van der Waals surface area contributed by atoms with Gasteiger partial charge in [0.1, 0.15) is 4.90 Å². The number of H-pyrrole nitrogens is 1. The Morgan fingerprint density at radius 2 is 2.00 bits per heavy atom. The van der Waals surface area contributed by atoms with E-state index >= 15 is 0 Å². The molecule has 0 saturated heterocycles. The fourth-order valence-electron chi connectivity index (χ4n) is 1.82. The summed E-state index contributed by atoms with van der Waals surface area (Å²) in [5.74, 6) is -0.165. The largest absolute Gasteiger partial charge is 0.350 e. The fourth-order valence-corrected chi connectivity index (χ4v) is 2.70. The van der Waals surface area contributed by atoms with E-state index < -0.39 is 15.9 Å². The first-order valence-electron chi connectivity index (χ1n) is 6.17. The maximum atomic E-state index is 11.9. The molecule has 8 heteroatoms. The molecule has 0 aliphatic rings. The number of aryl methyl sites for hydroxylation is 1. The standard InChI is InChI=1S/C11H20N4O3S/c1-4-8(5-2)6-13-11(16)9-10(19(12,17)18)7(3)14-15-9/h8H,4-6H2,1-3H3,(H,13,16)(H,14,15)(H2,12,17,18). The Labute approximate surface area is 113 Å². The van der Waals surface area contributed by atoms with Crippen molar-refractivity contribution in [3.8, 4) is 0 Å². The second kappa shape index (κ2) is 6.16. The lowest BCUT2D eigenvalue weighted by molar-refractivity contribution is 0.0938. The summed E-state index contributed by atoms with van der Waals surface area (Å²) in [4.78, 5) is 11.7. The van der Waals surface area contributed by atoms with Crippen LogP contribution in [0.3, 0.4) is 0 Å². The molecule has 19 heavy (non-hydrogen) atoms. The van der Waals surface area contributed by atoms with Gasteiger partial charge >= 0.3 is 0 Å². The second-order valence-corrected chi connectivity index (χ2v) is 5.96. The quantitative estimate of drug-likeness (QED) is 0.707. The predicted octanol–water partition coefficient (Wildman–Crippen LogP) is 0.532. The van der Waals surface area contributed by atoms with E-state index in [0.717, 1.165) is 12.8 Å². The van der Waals surface area contributed by atoms with Crippen LogP contribution in [0.15, 0.2) is 4.90 Å². The Bertz CT molecular complexity index is 546. The van der Waals surface area contributed by atoms with E-state index in [0.29, 0.717) is 12.5 Å². The maximum absolute atomic E-state index is 11.9. The number of carbonyl (C=O) groups is 1. The Morgan fingerprint density at radius 1 is 1.42 bits per heavy atom. The van der Waals surface area contributed by atoms with Gasteiger partial charge in [0.25, 0.3) is 5.91 Å². The Balaban J connectivity index is 2.90. The van der Waals surface area contributed by atoms with E-state index in [1.807, 2.05) is 13.8 Å². The van der Waals surface area contributed by atoms with Gasteiger partial charge in [0.05, 0.1) is 5.69 Å². The Morgan fingerprint density at radius 3 is 2.47 bits per heavy atom. The third-order valence-electron chi connectivity index (χ3n) is 3.10. The smallest absolute Gasteiger partial charge is 0.273 e. The Kier molecular flexibility index (Phi) is 5.07. The van der Waals surface area contributed by atoms with Crippen molar-refractivity contribution in [2.75, 3.05) is 6.54 Å². The lowest BCUT2D eigenvalue weighted by Gasteiger charge is -2.12. The molecule has 0 fully saturated rings. The van der Waals surface area contributed by atoms with Crippen molar-refractivity contribution in [3.05, 3.63) is 11.4 Å². The highest BCUT2D eigenvalue weighted by atomic mass is 32.2. The average molecular weight is 288 g/mol. The first kappa shape index (κ1) is 15.6. The summed E-state index contributed by atoms with van der Waals surface area (Å²) >= 11 is 0. The number of hydrogen-bond acceptors (Lipinski definition) is 4. The van der Waals surface area contributed by atoms with Crippen LogP contribution in [0.2, 0.25) is 0 Å². The number of hydrogen-bond donors (Lipinski definition) is 3. The molecule has 1 amide bonds. The minimum atomic E-state index is -3.97. The van der Waals surface area contributed by atoms with Crippen LogP contribution in [-0.4, -0.2) is 31.1 Å². The third-order valence-corrected chi connectivity index (χ3v) is 4.17. The highest BCUT2D eigenvalue weighted by molar-refractivity contribution is 7.89. The molecular formula is C11H20N4O3S.